The zero-order chi connectivity index (χ0) is 18.0. The van der Waals surface area contributed by atoms with Crippen molar-refractivity contribution < 1.29 is 17.3 Å². The molecule has 136 valence electrons. The number of hydrogen-bond donors (Lipinski definition) is 2. The van der Waals surface area contributed by atoms with Crippen LogP contribution in [0.15, 0.2) is 27.6 Å². The molecule has 1 saturated heterocycles. The summed E-state index contributed by atoms with van der Waals surface area (Å²) >= 11 is 0. The van der Waals surface area contributed by atoms with Gasteiger partial charge in [0.1, 0.15) is 5.82 Å². The predicted molar refractivity (Wildman–Crippen MR) is 88.8 cm³/mol. The van der Waals surface area contributed by atoms with Crippen LogP contribution < -0.4 is 10.0 Å². The molecule has 0 saturated carbocycles. The molecule has 1 fully saturated rings. The summed E-state index contributed by atoms with van der Waals surface area (Å²) in [6.45, 7) is 4.27. The van der Waals surface area contributed by atoms with Gasteiger partial charge in [-0.05, 0) is 25.2 Å². The highest BCUT2D eigenvalue weighted by Gasteiger charge is 2.26. The maximum Gasteiger partial charge on any atom is 0.261 e. The average Bonchev–Trinajstić information content (AvgIpc) is 3.05. The van der Waals surface area contributed by atoms with Crippen molar-refractivity contribution in [3.05, 3.63) is 29.8 Å². The zero-order valence-electron chi connectivity index (χ0n) is 14.0. The molecule has 1 aromatic heterocycles. The minimum atomic E-state index is -3.70. The maximum atomic E-state index is 14.2. The first-order valence-electron chi connectivity index (χ1n) is 7.96. The Morgan fingerprint density at radius 1 is 1.48 bits per heavy atom. The van der Waals surface area contributed by atoms with Crippen LogP contribution in [0.1, 0.15) is 18.8 Å². The number of sulfonamides is 1. The van der Waals surface area contributed by atoms with Gasteiger partial charge in [-0.2, -0.15) is 4.98 Å². The Hall–Kier alpha value is -1.88. The van der Waals surface area contributed by atoms with E-state index in [1.54, 1.807) is 6.92 Å². The minimum Gasteiger partial charge on any atom is -0.334 e. The Kier molecular flexibility index (Phi) is 5.13. The number of aromatic nitrogens is 2. The zero-order valence-corrected chi connectivity index (χ0v) is 14.8. The van der Waals surface area contributed by atoms with Gasteiger partial charge in [-0.25, -0.2) is 17.5 Å². The molecule has 0 aliphatic carbocycles. The Morgan fingerprint density at radius 3 is 3.00 bits per heavy atom. The highest BCUT2D eigenvalue weighted by molar-refractivity contribution is 7.89. The van der Waals surface area contributed by atoms with Crippen LogP contribution in [-0.4, -0.2) is 56.7 Å². The number of nitrogens with zero attached hydrogens (tertiary/aromatic N) is 3. The molecule has 2 N–H and O–H groups in total. The molecule has 1 aromatic carbocycles. The van der Waals surface area contributed by atoms with Gasteiger partial charge in [0.05, 0.1) is 16.5 Å². The number of halogens is 1. The molecule has 0 spiro atoms. The summed E-state index contributed by atoms with van der Waals surface area (Å²) < 4.78 is 46.0. The summed E-state index contributed by atoms with van der Waals surface area (Å²) in [6, 6.07) is 3.40. The first-order chi connectivity index (χ1) is 11.9. The summed E-state index contributed by atoms with van der Waals surface area (Å²) in [4.78, 5) is 6.29. The maximum absolute atomic E-state index is 14.2. The third kappa shape index (κ3) is 3.71. The van der Waals surface area contributed by atoms with Crippen LogP contribution in [-0.2, 0) is 10.0 Å². The van der Waals surface area contributed by atoms with Crippen molar-refractivity contribution in [1.29, 1.82) is 0 Å². The topological polar surface area (TPSA) is 100 Å². The third-order valence-corrected chi connectivity index (χ3v) is 5.61. The molecule has 8 nitrogen and oxygen atoms in total. The standard InChI is InChI=1S/C15H20FN5O3S/c1-3-18-25(22,23)10-4-5-12(16)11(8-10)15-19-14(20-24-15)13-9-17-6-7-21(13)2/h4-5,8,13,17-18H,3,6-7,9H2,1-2H3. The van der Waals surface area contributed by atoms with Crippen molar-refractivity contribution >= 4 is 10.0 Å². The van der Waals surface area contributed by atoms with E-state index in [0.29, 0.717) is 12.4 Å². The van der Waals surface area contributed by atoms with Crippen LogP contribution in [0.3, 0.4) is 0 Å². The molecule has 25 heavy (non-hydrogen) atoms. The summed E-state index contributed by atoms with van der Waals surface area (Å²) in [5.41, 5.74) is -0.0378. The number of piperazine rings is 1. The van der Waals surface area contributed by atoms with E-state index in [0.717, 1.165) is 19.2 Å². The Balaban J connectivity index is 1.94. The second-order valence-corrected chi connectivity index (χ2v) is 7.57. The molecule has 0 amide bonds. The van der Waals surface area contributed by atoms with Gasteiger partial charge in [-0.3, -0.25) is 4.90 Å². The minimum absolute atomic E-state index is 0.0378. The van der Waals surface area contributed by atoms with Gasteiger partial charge >= 0.3 is 0 Å². The molecule has 1 atom stereocenters. The highest BCUT2D eigenvalue weighted by Crippen LogP contribution is 2.27. The monoisotopic (exact) mass is 369 g/mol. The van der Waals surface area contributed by atoms with E-state index < -0.39 is 15.8 Å². The molecule has 1 aliphatic rings. The van der Waals surface area contributed by atoms with Gasteiger partial charge in [-0.15, -0.1) is 0 Å². The van der Waals surface area contributed by atoms with Crippen LogP contribution in [0.5, 0.6) is 0 Å². The van der Waals surface area contributed by atoms with Gasteiger partial charge < -0.3 is 9.84 Å². The van der Waals surface area contributed by atoms with Crippen LogP contribution >= 0.6 is 0 Å². The molecule has 10 heteroatoms. The molecular weight excluding hydrogens is 349 g/mol. The number of benzene rings is 1. The van der Waals surface area contributed by atoms with E-state index in [4.69, 9.17) is 4.52 Å². The largest absolute Gasteiger partial charge is 0.334 e. The second-order valence-electron chi connectivity index (χ2n) is 5.80. The van der Waals surface area contributed by atoms with Crippen molar-refractivity contribution in [1.82, 2.24) is 25.1 Å². The average molecular weight is 369 g/mol. The first-order valence-corrected chi connectivity index (χ1v) is 9.45. The summed E-state index contributed by atoms with van der Waals surface area (Å²) in [7, 11) is -1.75. The fraction of sp³-hybridized carbons (Fsp3) is 0.467. The lowest BCUT2D eigenvalue weighted by atomic mass is 10.2. The van der Waals surface area contributed by atoms with Gasteiger partial charge in [0.15, 0.2) is 5.82 Å². The van der Waals surface area contributed by atoms with Gasteiger partial charge in [0.25, 0.3) is 5.89 Å². The quantitative estimate of drug-likeness (QED) is 0.802. The third-order valence-electron chi connectivity index (χ3n) is 4.06. The van der Waals surface area contributed by atoms with E-state index in [9.17, 15) is 12.8 Å². The van der Waals surface area contributed by atoms with Crippen LogP contribution in [0.25, 0.3) is 11.5 Å². The van der Waals surface area contributed by atoms with Crippen molar-refractivity contribution in [2.45, 2.75) is 17.9 Å². The first kappa shape index (κ1) is 17.9. The van der Waals surface area contributed by atoms with E-state index in [-0.39, 0.29) is 28.9 Å². The van der Waals surface area contributed by atoms with Crippen LogP contribution in [0.2, 0.25) is 0 Å². The van der Waals surface area contributed by atoms with E-state index in [1.165, 1.54) is 12.1 Å². The number of likely N-dealkylation sites (N-methyl/N-ethyl adjacent to an activating group) is 1. The Labute approximate surface area is 145 Å². The number of hydrogen-bond acceptors (Lipinski definition) is 7. The van der Waals surface area contributed by atoms with E-state index in [2.05, 4.69) is 25.1 Å². The van der Waals surface area contributed by atoms with Crippen LogP contribution in [0, 0.1) is 5.82 Å². The fourth-order valence-electron chi connectivity index (χ4n) is 2.68. The normalized spacial score (nSPS) is 19.2. The van der Waals surface area contributed by atoms with Gasteiger partial charge in [-0.1, -0.05) is 12.1 Å². The molecule has 0 bridgehead atoms. The molecule has 0 radical (unpaired) electrons. The van der Waals surface area contributed by atoms with Crippen molar-refractivity contribution in [2.24, 2.45) is 0 Å². The number of rotatable bonds is 5. The Morgan fingerprint density at radius 2 is 2.28 bits per heavy atom. The van der Waals surface area contributed by atoms with Gasteiger partial charge in [0.2, 0.25) is 10.0 Å². The molecule has 3 rings (SSSR count). The lowest BCUT2D eigenvalue weighted by molar-refractivity contribution is 0.190. The lowest BCUT2D eigenvalue weighted by Crippen LogP contribution is -2.44. The molecule has 1 aliphatic heterocycles. The molecule has 2 aromatic rings. The molecular formula is C15H20FN5O3S. The van der Waals surface area contributed by atoms with Gasteiger partial charge in [0, 0.05) is 26.2 Å². The van der Waals surface area contributed by atoms with Crippen molar-refractivity contribution in [3.8, 4) is 11.5 Å². The van der Waals surface area contributed by atoms with E-state index >= 15 is 0 Å². The Bertz CT molecular complexity index is 855. The summed E-state index contributed by atoms with van der Waals surface area (Å²) in [5.74, 6) is -0.232. The molecule has 2 heterocycles. The molecule has 1 unspecified atom stereocenters. The second kappa shape index (κ2) is 7.16. The SMILES string of the molecule is CCNS(=O)(=O)c1ccc(F)c(-c2nc(C3CNCCN3C)no2)c1. The fourth-order valence-corrected chi connectivity index (χ4v) is 3.75. The summed E-state index contributed by atoms with van der Waals surface area (Å²) in [5, 5.41) is 7.18. The van der Waals surface area contributed by atoms with Crippen molar-refractivity contribution in [3.63, 3.8) is 0 Å². The lowest BCUT2D eigenvalue weighted by Gasteiger charge is -2.30. The smallest absolute Gasteiger partial charge is 0.261 e. The number of nitrogens with one attached hydrogen (secondary N) is 2. The highest BCUT2D eigenvalue weighted by atomic mass is 32.2. The summed E-state index contributed by atoms with van der Waals surface area (Å²) in [6.07, 6.45) is 0. The van der Waals surface area contributed by atoms with E-state index in [1.807, 2.05) is 7.05 Å². The predicted octanol–water partition coefficient (Wildman–Crippen LogP) is 0.750. The van der Waals surface area contributed by atoms with Crippen molar-refractivity contribution in [2.75, 3.05) is 33.2 Å². The van der Waals surface area contributed by atoms with Crippen LogP contribution in [0.4, 0.5) is 4.39 Å².